The van der Waals surface area contributed by atoms with Crippen molar-refractivity contribution in [2.24, 2.45) is 0 Å². The minimum Gasteiger partial charge on any atom is -0.389 e. The average Bonchev–Trinajstić information content (AvgIpc) is 2.18. The fraction of sp³-hybridized carbons (Fsp3) is 0.200. The van der Waals surface area contributed by atoms with Crippen LogP contribution < -0.4 is 0 Å². The lowest BCUT2D eigenvalue weighted by Gasteiger charge is -1.98. The van der Waals surface area contributed by atoms with Gasteiger partial charge in [0.1, 0.15) is 6.61 Å². The molecule has 1 rings (SSSR count). The van der Waals surface area contributed by atoms with Gasteiger partial charge in [-0.25, -0.2) is 0 Å². The van der Waals surface area contributed by atoms with E-state index in [4.69, 9.17) is 10.4 Å². The standard InChI is InChI=1S/C10H9NO2/c11-6-9-3-1-2-8(4-9)5-10(13)7-12/h1-4,12H,5,7H2. The summed E-state index contributed by atoms with van der Waals surface area (Å²) in [5, 5.41) is 17.1. The number of benzene rings is 1. The largest absolute Gasteiger partial charge is 0.389 e. The molecule has 66 valence electrons. The Labute approximate surface area is 76.2 Å². The molecule has 0 unspecified atom stereocenters. The summed E-state index contributed by atoms with van der Waals surface area (Å²) >= 11 is 0. The van der Waals surface area contributed by atoms with Crippen LogP contribution in [-0.2, 0) is 11.2 Å². The van der Waals surface area contributed by atoms with Crippen LogP contribution in [0.1, 0.15) is 11.1 Å². The maximum Gasteiger partial charge on any atom is 0.162 e. The minimum atomic E-state index is -0.448. The smallest absolute Gasteiger partial charge is 0.162 e. The van der Waals surface area contributed by atoms with Crippen molar-refractivity contribution in [3.63, 3.8) is 0 Å². The van der Waals surface area contributed by atoms with Gasteiger partial charge < -0.3 is 5.11 Å². The first-order valence-electron chi connectivity index (χ1n) is 3.88. The zero-order valence-corrected chi connectivity index (χ0v) is 7.03. The Morgan fingerprint density at radius 1 is 1.54 bits per heavy atom. The highest BCUT2D eigenvalue weighted by atomic mass is 16.3. The first-order chi connectivity index (χ1) is 6.26. The summed E-state index contributed by atoms with van der Waals surface area (Å²) in [5.74, 6) is -0.241. The molecule has 0 aliphatic rings. The molecule has 0 bridgehead atoms. The van der Waals surface area contributed by atoms with Gasteiger partial charge in [0.2, 0.25) is 0 Å². The Morgan fingerprint density at radius 2 is 2.31 bits per heavy atom. The third-order valence-corrected chi connectivity index (χ3v) is 1.63. The molecule has 1 aromatic carbocycles. The molecular formula is C10H9NO2. The zero-order chi connectivity index (χ0) is 9.68. The van der Waals surface area contributed by atoms with Gasteiger partial charge in [-0.3, -0.25) is 4.79 Å². The first-order valence-corrected chi connectivity index (χ1v) is 3.88. The number of nitrogens with zero attached hydrogens (tertiary/aromatic N) is 1. The van der Waals surface area contributed by atoms with Crippen LogP contribution in [-0.4, -0.2) is 17.5 Å². The number of ketones is 1. The van der Waals surface area contributed by atoms with Crippen LogP contribution >= 0.6 is 0 Å². The molecule has 0 atom stereocenters. The maximum atomic E-state index is 10.8. The molecule has 0 saturated carbocycles. The SMILES string of the molecule is N#Cc1cccc(CC(=O)CO)c1. The van der Waals surface area contributed by atoms with Crippen molar-refractivity contribution in [2.45, 2.75) is 6.42 Å². The van der Waals surface area contributed by atoms with Crippen LogP contribution in [0.3, 0.4) is 0 Å². The van der Waals surface area contributed by atoms with Crippen molar-refractivity contribution < 1.29 is 9.90 Å². The van der Waals surface area contributed by atoms with Gasteiger partial charge >= 0.3 is 0 Å². The summed E-state index contributed by atoms with van der Waals surface area (Å²) in [6.45, 7) is -0.448. The third-order valence-electron chi connectivity index (χ3n) is 1.63. The number of hydrogen-bond donors (Lipinski definition) is 1. The summed E-state index contributed by atoms with van der Waals surface area (Å²) in [6.07, 6.45) is 0.187. The second-order valence-electron chi connectivity index (χ2n) is 2.69. The van der Waals surface area contributed by atoms with E-state index in [0.717, 1.165) is 5.56 Å². The Bertz CT molecular complexity index is 352. The molecular weight excluding hydrogens is 166 g/mol. The lowest BCUT2D eigenvalue weighted by atomic mass is 10.1. The molecule has 0 amide bonds. The monoisotopic (exact) mass is 175 g/mol. The van der Waals surface area contributed by atoms with Crippen molar-refractivity contribution >= 4 is 5.78 Å². The number of rotatable bonds is 3. The Morgan fingerprint density at radius 3 is 2.92 bits per heavy atom. The molecule has 0 fully saturated rings. The van der Waals surface area contributed by atoms with Crippen LogP contribution in [0.5, 0.6) is 0 Å². The molecule has 3 heteroatoms. The average molecular weight is 175 g/mol. The molecule has 1 N–H and O–H groups in total. The fourth-order valence-corrected chi connectivity index (χ4v) is 1.03. The van der Waals surface area contributed by atoms with Gasteiger partial charge in [-0.05, 0) is 17.7 Å². The fourth-order valence-electron chi connectivity index (χ4n) is 1.03. The maximum absolute atomic E-state index is 10.8. The van der Waals surface area contributed by atoms with Crippen molar-refractivity contribution in [3.8, 4) is 6.07 Å². The summed E-state index contributed by atoms with van der Waals surface area (Å²) in [6, 6.07) is 8.78. The summed E-state index contributed by atoms with van der Waals surface area (Å²) < 4.78 is 0. The third kappa shape index (κ3) is 2.69. The van der Waals surface area contributed by atoms with Crippen LogP contribution in [0.2, 0.25) is 0 Å². The quantitative estimate of drug-likeness (QED) is 0.734. The van der Waals surface area contributed by atoms with Crippen LogP contribution in [0.25, 0.3) is 0 Å². The van der Waals surface area contributed by atoms with E-state index in [1.807, 2.05) is 6.07 Å². The van der Waals surface area contributed by atoms with E-state index in [0.29, 0.717) is 5.56 Å². The molecule has 0 spiro atoms. The second-order valence-corrected chi connectivity index (χ2v) is 2.69. The van der Waals surface area contributed by atoms with Gasteiger partial charge in [0.15, 0.2) is 5.78 Å². The van der Waals surface area contributed by atoms with Gasteiger partial charge in [-0.2, -0.15) is 5.26 Å². The molecule has 3 nitrogen and oxygen atoms in total. The van der Waals surface area contributed by atoms with E-state index in [9.17, 15) is 4.79 Å². The normalized spacial score (nSPS) is 9.23. The number of aliphatic hydroxyl groups is 1. The Hall–Kier alpha value is -1.66. The van der Waals surface area contributed by atoms with E-state index >= 15 is 0 Å². The molecule has 0 aliphatic heterocycles. The van der Waals surface area contributed by atoms with E-state index < -0.39 is 6.61 Å². The van der Waals surface area contributed by atoms with Crippen molar-refractivity contribution in [1.82, 2.24) is 0 Å². The van der Waals surface area contributed by atoms with E-state index in [1.54, 1.807) is 24.3 Å². The van der Waals surface area contributed by atoms with E-state index in [1.165, 1.54) is 0 Å². The highest BCUT2D eigenvalue weighted by Gasteiger charge is 2.01. The Kier molecular flexibility index (Phi) is 3.18. The van der Waals surface area contributed by atoms with Crippen molar-refractivity contribution in [2.75, 3.05) is 6.61 Å². The van der Waals surface area contributed by atoms with Gasteiger partial charge in [0.05, 0.1) is 11.6 Å². The highest BCUT2D eigenvalue weighted by Crippen LogP contribution is 2.04. The predicted octanol–water partition coefficient (Wildman–Crippen LogP) is 0.662. The summed E-state index contributed by atoms with van der Waals surface area (Å²) in [5.41, 5.74) is 1.29. The van der Waals surface area contributed by atoms with Crippen molar-refractivity contribution in [3.05, 3.63) is 35.4 Å². The molecule has 0 radical (unpaired) electrons. The van der Waals surface area contributed by atoms with E-state index in [-0.39, 0.29) is 12.2 Å². The second kappa shape index (κ2) is 4.39. The minimum absolute atomic E-state index is 0.187. The molecule has 0 aromatic heterocycles. The van der Waals surface area contributed by atoms with Crippen LogP contribution in [0.4, 0.5) is 0 Å². The Balaban J connectivity index is 2.79. The molecule has 13 heavy (non-hydrogen) atoms. The summed E-state index contributed by atoms with van der Waals surface area (Å²) in [7, 11) is 0. The zero-order valence-electron chi connectivity index (χ0n) is 7.03. The van der Waals surface area contributed by atoms with Gasteiger partial charge in [0, 0.05) is 6.42 Å². The van der Waals surface area contributed by atoms with Crippen LogP contribution in [0, 0.1) is 11.3 Å². The number of aliphatic hydroxyl groups excluding tert-OH is 1. The summed E-state index contributed by atoms with van der Waals surface area (Å²) in [4.78, 5) is 10.8. The molecule has 1 aromatic rings. The number of hydrogen-bond acceptors (Lipinski definition) is 3. The lowest BCUT2D eigenvalue weighted by Crippen LogP contribution is -2.07. The molecule has 0 aliphatic carbocycles. The lowest BCUT2D eigenvalue weighted by molar-refractivity contribution is -0.121. The number of nitriles is 1. The van der Waals surface area contributed by atoms with Crippen molar-refractivity contribution in [1.29, 1.82) is 5.26 Å². The highest BCUT2D eigenvalue weighted by molar-refractivity contribution is 5.81. The van der Waals surface area contributed by atoms with Gasteiger partial charge in [-0.15, -0.1) is 0 Å². The van der Waals surface area contributed by atoms with Crippen LogP contribution in [0.15, 0.2) is 24.3 Å². The van der Waals surface area contributed by atoms with E-state index in [2.05, 4.69) is 0 Å². The first kappa shape index (κ1) is 9.43. The predicted molar refractivity (Wildman–Crippen MR) is 47.0 cm³/mol. The molecule has 0 heterocycles. The molecule has 0 saturated heterocycles. The number of Topliss-reactive ketones (excluding diaryl/α,β-unsaturated/α-hetero) is 1. The van der Waals surface area contributed by atoms with Gasteiger partial charge in [-0.1, -0.05) is 12.1 Å². The van der Waals surface area contributed by atoms with Gasteiger partial charge in [0.25, 0.3) is 0 Å². The topological polar surface area (TPSA) is 61.1 Å². The number of carbonyl (C=O) groups excluding carboxylic acids is 1. The number of carbonyl (C=O) groups is 1.